The van der Waals surface area contributed by atoms with E-state index in [2.05, 4.69) is 20.8 Å². The molecule has 2 atom stereocenters. The monoisotopic (exact) mass is 223 g/mol. The van der Waals surface area contributed by atoms with Gasteiger partial charge in [-0.25, -0.2) is 0 Å². The fourth-order valence-corrected chi connectivity index (χ4v) is 4.65. The zero-order chi connectivity index (χ0) is 11.8. The third-order valence-electron chi connectivity index (χ3n) is 5.64. The molecule has 0 aliphatic heterocycles. The van der Waals surface area contributed by atoms with Crippen molar-refractivity contribution in [3.05, 3.63) is 0 Å². The summed E-state index contributed by atoms with van der Waals surface area (Å²) in [5.74, 6) is 1.95. The maximum Gasteiger partial charge on any atom is -0.00203 e. The van der Waals surface area contributed by atoms with Crippen LogP contribution in [-0.4, -0.2) is 6.54 Å². The summed E-state index contributed by atoms with van der Waals surface area (Å²) in [6.07, 6.45) is 9.94. The van der Waals surface area contributed by atoms with Crippen molar-refractivity contribution in [3.8, 4) is 0 Å². The van der Waals surface area contributed by atoms with Crippen LogP contribution in [0, 0.1) is 22.7 Å². The van der Waals surface area contributed by atoms with Gasteiger partial charge in [-0.3, -0.25) is 0 Å². The second kappa shape index (κ2) is 4.33. The van der Waals surface area contributed by atoms with Crippen LogP contribution in [0.2, 0.25) is 0 Å². The first-order valence-corrected chi connectivity index (χ1v) is 7.23. The molecule has 2 N–H and O–H groups in total. The Morgan fingerprint density at radius 1 is 1.19 bits per heavy atom. The zero-order valence-corrected chi connectivity index (χ0v) is 11.4. The van der Waals surface area contributed by atoms with Crippen LogP contribution in [0.4, 0.5) is 0 Å². The van der Waals surface area contributed by atoms with Gasteiger partial charge in [0, 0.05) is 0 Å². The molecular weight excluding hydrogens is 194 g/mol. The van der Waals surface area contributed by atoms with E-state index >= 15 is 0 Å². The number of hydrogen-bond donors (Lipinski definition) is 1. The van der Waals surface area contributed by atoms with Gasteiger partial charge < -0.3 is 5.73 Å². The van der Waals surface area contributed by atoms with Gasteiger partial charge in [0.15, 0.2) is 0 Å². The van der Waals surface area contributed by atoms with Crippen LogP contribution in [-0.2, 0) is 0 Å². The molecule has 0 amide bonds. The topological polar surface area (TPSA) is 26.0 Å². The lowest BCUT2D eigenvalue weighted by molar-refractivity contribution is 0.179. The summed E-state index contributed by atoms with van der Waals surface area (Å²) in [6, 6.07) is 0. The molecule has 1 heteroatoms. The lowest BCUT2D eigenvalue weighted by Gasteiger charge is -2.31. The summed E-state index contributed by atoms with van der Waals surface area (Å²) in [5, 5.41) is 0. The minimum absolute atomic E-state index is 0.469. The minimum atomic E-state index is 0.469. The number of rotatable bonds is 3. The standard InChI is InChI=1S/C15H29N/c1-4-15(11-16)9-13(14(2,3)10-15)12-7-5-6-8-12/h12-13H,4-11,16H2,1-3H3. The van der Waals surface area contributed by atoms with Gasteiger partial charge >= 0.3 is 0 Å². The molecule has 2 fully saturated rings. The van der Waals surface area contributed by atoms with Gasteiger partial charge in [0.1, 0.15) is 0 Å². The van der Waals surface area contributed by atoms with Crippen LogP contribution in [0.15, 0.2) is 0 Å². The quantitative estimate of drug-likeness (QED) is 0.770. The molecule has 2 rings (SSSR count). The Bertz CT molecular complexity index is 234. The minimum Gasteiger partial charge on any atom is -0.330 e. The molecule has 0 heterocycles. The van der Waals surface area contributed by atoms with Gasteiger partial charge in [0.2, 0.25) is 0 Å². The van der Waals surface area contributed by atoms with Crippen molar-refractivity contribution in [2.24, 2.45) is 28.4 Å². The van der Waals surface area contributed by atoms with E-state index in [4.69, 9.17) is 5.73 Å². The normalized spacial score (nSPS) is 39.4. The molecule has 0 bridgehead atoms. The van der Waals surface area contributed by atoms with Gasteiger partial charge in [-0.2, -0.15) is 0 Å². The average molecular weight is 223 g/mol. The van der Waals surface area contributed by atoms with E-state index in [0.717, 1.165) is 18.4 Å². The SMILES string of the molecule is CCC1(CN)CC(C2CCCC2)C(C)(C)C1. The fourth-order valence-electron chi connectivity index (χ4n) is 4.65. The summed E-state index contributed by atoms with van der Waals surface area (Å²) in [5.41, 5.74) is 7.06. The van der Waals surface area contributed by atoms with E-state index in [1.165, 1.54) is 44.9 Å². The van der Waals surface area contributed by atoms with Crippen LogP contribution in [0.5, 0.6) is 0 Å². The molecule has 1 nitrogen and oxygen atoms in total. The van der Waals surface area contributed by atoms with Gasteiger partial charge in [-0.15, -0.1) is 0 Å². The first-order chi connectivity index (χ1) is 7.53. The molecule has 0 saturated heterocycles. The predicted octanol–water partition coefficient (Wildman–Crippen LogP) is 3.97. The van der Waals surface area contributed by atoms with Crippen molar-refractivity contribution in [2.45, 2.75) is 65.7 Å². The van der Waals surface area contributed by atoms with Gasteiger partial charge in [-0.05, 0) is 48.5 Å². The van der Waals surface area contributed by atoms with E-state index in [1.54, 1.807) is 0 Å². The van der Waals surface area contributed by atoms with E-state index in [9.17, 15) is 0 Å². The average Bonchev–Trinajstić information content (AvgIpc) is 2.83. The van der Waals surface area contributed by atoms with Gasteiger partial charge in [0.05, 0.1) is 0 Å². The third-order valence-corrected chi connectivity index (χ3v) is 5.64. The lowest BCUT2D eigenvalue weighted by Crippen LogP contribution is -2.27. The maximum atomic E-state index is 6.06. The molecule has 16 heavy (non-hydrogen) atoms. The number of nitrogens with two attached hydrogens (primary N) is 1. The summed E-state index contributed by atoms with van der Waals surface area (Å²) < 4.78 is 0. The molecule has 0 aromatic rings. The molecule has 0 radical (unpaired) electrons. The third kappa shape index (κ3) is 2.03. The zero-order valence-electron chi connectivity index (χ0n) is 11.4. The summed E-state index contributed by atoms with van der Waals surface area (Å²) in [4.78, 5) is 0. The van der Waals surface area contributed by atoms with Crippen LogP contribution in [0.25, 0.3) is 0 Å². The first-order valence-electron chi connectivity index (χ1n) is 7.23. The lowest BCUT2D eigenvalue weighted by atomic mass is 9.74. The molecule has 2 saturated carbocycles. The molecular formula is C15H29N. The largest absolute Gasteiger partial charge is 0.330 e. The van der Waals surface area contributed by atoms with E-state index in [1.807, 2.05) is 0 Å². The second-order valence-electron chi connectivity index (χ2n) is 7.08. The molecule has 0 aromatic heterocycles. The highest BCUT2D eigenvalue weighted by molar-refractivity contribution is 5.01. The predicted molar refractivity (Wildman–Crippen MR) is 70.2 cm³/mol. The maximum absolute atomic E-state index is 6.06. The molecule has 2 unspecified atom stereocenters. The molecule has 0 spiro atoms. The van der Waals surface area contributed by atoms with Crippen molar-refractivity contribution < 1.29 is 0 Å². The van der Waals surface area contributed by atoms with E-state index < -0.39 is 0 Å². The molecule has 2 aliphatic rings. The first kappa shape index (κ1) is 12.4. The van der Waals surface area contributed by atoms with Crippen LogP contribution in [0.1, 0.15) is 65.7 Å². The Labute approximate surface area is 101 Å². The van der Waals surface area contributed by atoms with E-state index in [-0.39, 0.29) is 0 Å². The Morgan fingerprint density at radius 3 is 2.25 bits per heavy atom. The van der Waals surface area contributed by atoms with Crippen molar-refractivity contribution >= 4 is 0 Å². The van der Waals surface area contributed by atoms with Crippen LogP contribution in [0.3, 0.4) is 0 Å². The van der Waals surface area contributed by atoms with Gasteiger partial charge in [-0.1, -0.05) is 46.5 Å². The Hall–Kier alpha value is -0.0400. The van der Waals surface area contributed by atoms with E-state index in [0.29, 0.717) is 10.8 Å². The molecule has 2 aliphatic carbocycles. The number of hydrogen-bond acceptors (Lipinski definition) is 1. The molecule has 0 aromatic carbocycles. The molecule has 94 valence electrons. The highest BCUT2D eigenvalue weighted by Crippen LogP contribution is 2.58. The van der Waals surface area contributed by atoms with Crippen LogP contribution >= 0.6 is 0 Å². The van der Waals surface area contributed by atoms with Crippen LogP contribution < -0.4 is 5.73 Å². The summed E-state index contributed by atoms with van der Waals surface area (Å²) in [6.45, 7) is 8.21. The highest BCUT2D eigenvalue weighted by Gasteiger charge is 2.50. The second-order valence-corrected chi connectivity index (χ2v) is 7.08. The van der Waals surface area contributed by atoms with Crippen molar-refractivity contribution in [1.82, 2.24) is 0 Å². The van der Waals surface area contributed by atoms with Crippen molar-refractivity contribution in [3.63, 3.8) is 0 Å². The smallest absolute Gasteiger partial charge is 0.00203 e. The highest BCUT2D eigenvalue weighted by atomic mass is 14.7. The summed E-state index contributed by atoms with van der Waals surface area (Å²) >= 11 is 0. The summed E-state index contributed by atoms with van der Waals surface area (Å²) in [7, 11) is 0. The van der Waals surface area contributed by atoms with Crippen molar-refractivity contribution in [2.75, 3.05) is 6.54 Å². The Kier molecular flexibility index (Phi) is 3.36. The van der Waals surface area contributed by atoms with Crippen molar-refractivity contribution in [1.29, 1.82) is 0 Å². The Morgan fingerprint density at radius 2 is 1.81 bits per heavy atom. The fraction of sp³-hybridized carbons (Fsp3) is 1.00. The van der Waals surface area contributed by atoms with Gasteiger partial charge in [0.25, 0.3) is 0 Å². The Balaban J connectivity index is 2.13.